The predicted molar refractivity (Wildman–Crippen MR) is 91.4 cm³/mol. The maximum Gasteiger partial charge on any atom is 0.251 e. The molecule has 3 N–H and O–H groups in total. The fourth-order valence-electron chi connectivity index (χ4n) is 2.01. The number of likely N-dealkylation sites (N-methyl/N-ethyl adjacent to an activating group) is 1. The molecule has 5 heteroatoms. The minimum absolute atomic E-state index is 0.0994. The van der Waals surface area contributed by atoms with E-state index < -0.39 is 0 Å². The van der Waals surface area contributed by atoms with Gasteiger partial charge in [-0.05, 0) is 38.7 Å². The lowest BCUT2D eigenvalue weighted by Crippen LogP contribution is -2.31. The lowest BCUT2D eigenvalue weighted by Gasteiger charge is -2.12. The second-order valence-electron chi connectivity index (χ2n) is 5.72. The van der Waals surface area contributed by atoms with Gasteiger partial charge in [-0.2, -0.15) is 0 Å². The first-order valence-electron chi connectivity index (χ1n) is 7.99. The summed E-state index contributed by atoms with van der Waals surface area (Å²) in [5, 5.41) is 2.88. The third-order valence-corrected chi connectivity index (χ3v) is 3.38. The highest BCUT2D eigenvalue weighted by Crippen LogP contribution is 2.23. The fraction of sp³-hybridized carbons (Fsp3) is 0.588. The number of nitrogens with one attached hydrogen (secondary N) is 1. The minimum Gasteiger partial charge on any atom is -0.491 e. The molecule has 5 nitrogen and oxygen atoms in total. The molecule has 0 radical (unpaired) electrons. The maximum atomic E-state index is 12.1. The Morgan fingerprint density at radius 2 is 2.05 bits per heavy atom. The highest BCUT2D eigenvalue weighted by atomic mass is 16.5. The number of amides is 1. The first-order valence-corrected chi connectivity index (χ1v) is 7.99. The molecule has 22 heavy (non-hydrogen) atoms. The normalized spacial score (nSPS) is 10.7. The summed E-state index contributed by atoms with van der Waals surface area (Å²) in [4.78, 5) is 14.1. The molecule has 0 fully saturated rings. The SMILES string of the molecule is CCCCCCOc1cc(C(=O)NCCN(C)C)ccc1N. The summed E-state index contributed by atoms with van der Waals surface area (Å²) in [5.41, 5.74) is 7.06. The predicted octanol–water partition coefficient (Wildman–Crippen LogP) is 2.52. The maximum absolute atomic E-state index is 12.1. The Bertz CT molecular complexity index is 461. The third-order valence-electron chi connectivity index (χ3n) is 3.38. The Hall–Kier alpha value is -1.75. The summed E-state index contributed by atoms with van der Waals surface area (Å²) in [6.07, 6.45) is 4.57. The fourth-order valence-corrected chi connectivity index (χ4v) is 2.01. The molecule has 1 rings (SSSR count). The summed E-state index contributed by atoms with van der Waals surface area (Å²) in [6, 6.07) is 5.17. The van der Waals surface area contributed by atoms with Gasteiger partial charge in [0.1, 0.15) is 5.75 Å². The number of nitrogen functional groups attached to an aromatic ring is 1. The van der Waals surface area contributed by atoms with Crippen LogP contribution in [0.1, 0.15) is 43.0 Å². The van der Waals surface area contributed by atoms with Gasteiger partial charge >= 0.3 is 0 Å². The molecule has 1 aromatic rings. The van der Waals surface area contributed by atoms with E-state index in [0.29, 0.717) is 30.2 Å². The van der Waals surface area contributed by atoms with E-state index in [9.17, 15) is 4.79 Å². The molecule has 0 heterocycles. The average Bonchev–Trinajstić information content (AvgIpc) is 2.48. The number of carbonyl (C=O) groups excluding carboxylic acids is 1. The summed E-state index contributed by atoms with van der Waals surface area (Å²) in [6.45, 7) is 4.23. The number of ether oxygens (including phenoxy) is 1. The minimum atomic E-state index is -0.0994. The van der Waals surface area contributed by atoms with E-state index in [-0.39, 0.29) is 5.91 Å². The van der Waals surface area contributed by atoms with Gasteiger partial charge in [-0.15, -0.1) is 0 Å². The van der Waals surface area contributed by atoms with Gasteiger partial charge in [0.05, 0.1) is 12.3 Å². The zero-order chi connectivity index (χ0) is 16.4. The Kier molecular flexibility index (Phi) is 8.36. The number of carbonyl (C=O) groups is 1. The number of anilines is 1. The summed E-state index contributed by atoms with van der Waals surface area (Å²) in [7, 11) is 3.94. The highest BCUT2D eigenvalue weighted by Gasteiger charge is 2.09. The topological polar surface area (TPSA) is 67.6 Å². The van der Waals surface area contributed by atoms with Gasteiger partial charge < -0.3 is 20.7 Å². The first-order chi connectivity index (χ1) is 10.5. The molecular formula is C17H29N3O2. The van der Waals surface area contributed by atoms with Gasteiger partial charge in [0.15, 0.2) is 0 Å². The molecule has 0 atom stereocenters. The van der Waals surface area contributed by atoms with Crippen LogP contribution in [0.25, 0.3) is 0 Å². The van der Waals surface area contributed by atoms with Crippen molar-refractivity contribution in [3.63, 3.8) is 0 Å². The lowest BCUT2D eigenvalue weighted by atomic mass is 10.1. The van der Waals surface area contributed by atoms with E-state index in [1.165, 1.54) is 12.8 Å². The summed E-state index contributed by atoms with van der Waals surface area (Å²) >= 11 is 0. The van der Waals surface area contributed by atoms with Gasteiger partial charge in [-0.3, -0.25) is 4.79 Å². The van der Waals surface area contributed by atoms with Crippen LogP contribution in [0.15, 0.2) is 18.2 Å². The van der Waals surface area contributed by atoms with Crippen molar-refractivity contribution in [1.29, 1.82) is 0 Å². The lowest BCUT2D eigenvalue weighted by molar-refractivity contribution is 0.0950. The molecular weight excluding hydrogens is 278 g/mol. The average molecular weight is 307 g/mol. The van der Waals surface area contributed by atoms with Crippen molar-refractivity contribution in [3.8, 4) is 5.75 Å². The van der Waals surface area contributed by atoms with Crippen molar-refractivity contribution in [3.05, 3.63) is 23.8 Å². The molecule has 0 saturated heterocycles. The molecule has 124 valence electrons. The van der Waals surface area contributed by atoms with Crippen LogP contribution in [0.2, 0.25) is 0 Å². The van der Waals surface area contributed by atoms with Crippen LogP contribution < -0.4 is 15.8 Å². The van der Waals surface area contributed by atoms with Crippen LogP contribution >= 0.6 is 0 Å². The Balaban J connectivity index is 2.51. The molecule has 1 amide bonds. The second-order valence-corrected chi connectivity index (χ2v) is 5.72. The number of nitrogens with two attached hydrogens (primary N) is 1. The Labute approximate surface area is 133 Å². The van der Waals surface area contributed by atoms with Crippen LogP contribution in [0, 0.1) is 0 Å². The number of benzene rings is 1. The summed E-state index contributed by atoms with van der Waals surface area (Å²) < 4.78 is 5.70. The Morgan fingerprint density at radius 3 is 2.73 bits per heavy atom. The Morgan fingerprint density at radius 1 is 1.27 bits per heavy atom. The van der Waals surface area contributed by atoms with E-state index in [0.717, 1.165) is 19.4 Å². The van der Waals surface area contributed by atoms with E-state index in [4.69, 9.17) is 10.5 Å². The molecule has 0 aliphatic heterocycles. The monoisotopic (exact) mass is 307 g/mol. The van der Waals surface area contributed by atoms with Gasteiger partial charge in [-0.1, -0.05) is 26.2 Å². The second kappa shape index (κ2) is 10.1. The van der Waals surface area contributed by atoms with Crippen molar-refractivity contribution in [2.45, 2.75) is 32.6 Å². The van der Waals surface area contributed by atoms with Crippen molar-refractivity contribution in [1.82, 2.24) is 10.2 Å². The molecule has 0 aliphatic rings. The van der Waals surface area contributed by atoms with Crippen molar-refractivity contribution in [2.24, 2.45) is 0 Å². The zero-order valence-electron chi connectivity index (χ0n) is 14.0. The van der Waals surface area contributed by atoms with Crippen molar-refractivity contribution < 1.29 is 9.53 Å². The molecule has 0 unspecified atom stereocenters. The molecule has 0 aliphatic carbocycles. The number of rotatable bonds is 10. The van der Waals surface area contributed by atoms with E-state index in [1.54, 1.807) is 18.2 Å². The number of nitrogens with zero attached hydrogens (tertiary/aromatic N) is 1. The summed E-state index contributed by atoms with van der Waals surface area (Å²) in [5.74, 6) is 0.495. The molecule has 0 aromatic heterocycles. The standard InChI is InChI=1S/C17H29N3O2/c1-4-5-6-7-12-22-16-13-14(8-9-15(16)18)17(21)19-10-11-20(2)3/h8-9,13H,4-7,10-12,18H2,1-3H3,(H,19,21). The smallest absolute Gasteiger partial charge is 0.251 e. The number of unbranched alkanes of at least 4 members (excludes halogenated alkanes) is 3. The van der Waals surface area contributed by atoms with Gasteiger partial charge in [-0.25, -0.2) is 0 Å². The van der Waals surface area contributed by atoms with E-state index in [2.05, 4.69) is 12.2 Å². The number of hydrogen-bond acceptors (Lipinski definition) is 4. The van der Waals surface area contributed by atoms with Crippen molar-refractivity contribution in [2.75, 3.05) is 39.5 Å². The largest absolute Gasteiger partial charge is 0.491 e. The molecule has 0 saturated carbocycles. The molecule has 1 aromatic carbocycles. The quantitative estimate of drug-likeness (QED) is 0.515. The number of hydrogen-bond donors (Lipinski definition) is 2. The van der Waals surface area contributed by atoms with Crippen LogP contribution in [0.4, 0.5) is 5.69 Å². The zero-order valence-corrected chi connectivity index (χ0v) is 14.0. The van der Waals surface area contributed by atoms with Crippen LogP contribution in [-0.2, 0) is 0 Å². The van der Waals surface area contributed by atoms with Gasteiger partial charge in [0.2, 0.25) is 0 Å². The van der Waals surface area contributed by atoms with Gasteiger partial charge in [0, 0.05) is 18.7 Å². The van der Waals surface area contributed by atoms with Crippen molar-refractivity contribution >= 4 is 11.6 Å². The van der Waals surface area contributed by atoms with Gasteiger partial charge in [0.25, 0.3) is 5.91 Å². The first kappa shape index (κ1) is 18.3. The van der Waals surface area contributed by atoms with E-state index in [1.807, 2.05) is 19.0 Å². The van der Waals surface area contributed by atoms with Crippen LogP contribution in [-0.4, -0.2) is 44.6 Å². The molecule has 0 spiro atoms. The third kappa shape index (κ3) is 6.80. The highest BCUT2D eigenvalue weighted by molar-refractivity contribution is 5.95. The van der Waals surface area contributed by atoms with Crippen LogP contribution in [0.3, 0.4) is 0 Å². The van der Waals surface area contributed by atoms with Crippen LogP contribution in [0.5, 0.6) is 5.75 Å². The molecule has 0 bridgehead atoms. The van der Waals surface area contributed by atoms with E-state index >= 15 is 0 Å².